The van der Waals surface area contributed by atoms with Crippen LogP contribution in [0.15, 0.2) is 24.3 Å². The zero-order valence-corrected chi connectivity index (χ0v) is 14.0. The average Bonchev–Trinajstić information content (AvgIpc) is 2.63. The number of hydrogen-bond donors (Lipinski definition) is 2. The van der Waals surface area contributed by atoms with E-state index in [2.05, 4.69) is 5.32 Å². The maximum Gasteiger partial charge on any atom is 0.231 e. The highest BCUT2D eigenvalue weighted by Crippen LogP contribution is 2.36. The van der Waals surface area contributed by atoms with E-state index in [4.69, 9.17) is 4.74 Å². The summed E-state index contributed by atoms with van der Waals surface area (Å²) in [6, 6.07) is 6.46. The molecule has 24 heavy (non-hydrogen) atoms. The van der Waals surface area contributed by atoms with Crippen molar-refractivity contribution in [1.82, 2.24) is 5.32 Å². The number of rotatable bonds is 4. The largest absolute Gasteiger partial charge is 0.396 e. The molecule has 0 atom stereocenters. The normalized spacial score (nSPS) is 26.8. The topological polar surface area (TPSA) is 58.6 Å². The van der Waals surface area contributed by atoms with Crippen molar-refractivity contribution in [3.05, 3.63) is 35.6 Å². The Balaban J connectivity index is 1.74. The van der Waals surface area contributed by atoms with Crippen LogP contribution in [-0.4, -0.2) is 36.9 Å². The number of aliphatic hydroxyl groups excluding tert-OH is 1. The van der Waals surface area contributed by atoms with Crippen LogP contribution in [0.4, 0.5) is 4.39 Å². The van der Waals surface area contributed by atoms with Gasteiger partial charge in [-0.3, -0.25) is 4.79 Å². The van der Waals surface area contributed by atoms with Crippen LogP contribution in [0.25, 0.3) is 0 Å². The highest BCUT2D eigenvalue weighted by atomic mass is 19.1. The summed E-state index contributed by atoms with van der Waals surface area (Å²) in [6.45, 7) is 1.32. The number of nitrogens with one attached hydrogen (secondary N) is 1. The van der Waals surface area contributed by atoms with Crippen LogP contribution in [0, 0.1) is 11.7 Å². The van der Waals surface area contributed by atoms with Crippen molar-refractivity contribution in [3.63, 3.8) is 0 Å². The highest BCUT2D eigenvalue weighted by Gasteiger charge is 2.42. The Morgan fingerprint density at radius 3 is 2.38 bits per heavy atom. The van der Waals surface area contributed by atoms with Gasteiger partial charge in [0.05, 0.1) is 5.41 Å². The number of carbonyl (C=O) groups excluding carboxylic acids is 1. The SMILES string of the molecule is O=C(NC1CCC(CO)CC1)C1(c2ccc(F)cc2)CCOCC1. The van der Waals surface area contributed by atoms with Crippen molar-refractivity contribution >= 4 is 5.91 Å². The molecule has 2 N–H and O–H groups in total. The van der Waals surface area contributed by atoms with Gasteiger partial charge in [-0.1, -0.05) is 12.1 Å². The van der Waals surface area contributed by atoms with E-state index in [1.165, 1.54) is 12.1 Å². The summed E-state index contributed by atoms with van der Waals surface area (Å²) in [5.41, 5.74) is 0.244. The van der Waals surface area contributed by atoms with Crippen LogP contribution in [0.5, 0.6) is 0 Å². The quantitative estimate of drug-likeness (QED) is 0.889. The molecular weight excluding hydrogens is 309 g/mol. The van der Waals surface area contributed by atoms with E-state index >= 15 is 0 Å². The fourth-order valence-electron chi connectivity index (χ4n) is 3.95. The van der Waals surface area contributed by atoms with Crippen LogP contribution in [0.3, 0.4) is 0 Å². The highest BCUT2D eigenvalue weighted by molar-refractivity contribution is 5.88. The molecule has 1 aliphatic carbocycles. The van der Waals surface area contributed by atoms with Crippen molar-refractivity contribution in [3.8, 4) is 0 Å². The molecule has 5 heteroatoms. The molecule has 1 aromatic carbocycles. The molecule has 0 spiro atoms. The minimum absolute atomic E-state index is 0.0323. The van der Waals surface area contributed by atoms with Gasteiger partial charge in [-0.2, -0.15) is 0 Å². The van der Waals surface area contributed by atoms with E-state index in [0.717, 1.165) is 31.2 Å². The summed E-state index contributed by atoms with van der Waals surface area (Å²) >= 11 is 0. The molecule has 0 radical (unpaired) electrons. The molecular formula is C19H26FNO3. The molecule has 1 saturated heterocycles. The van der Waals surface area contributed by atoms with E-state index in [-0.39, 0.29) is 24.4 Å². The van der Waals surface area contributed by atoms with E-state index in [9.17, 15) is 14.3 Å². The predicted octanol–water partition coefficient (Wildman–Crippen LogP) is 2.54. The summed E-state index contributed by atoms with van der Waals surface area (Å²) in [4.78, 5) is 13.1. The predicted molar refractivity (Wildman–Crippen MR) is 89.1 cm³/mol. The first-order valence-corrected chi connectivity index (χ1v) is 8.90. The first-order valence-electron chi connectivity index (χ1n) is 8.90. The van der Waals surface area contributed by atoms with Crippen LogP contribution in [0.1, 0.15) is 44.1 Å². The first kappa shape index (κ1) is 17.4. The molecule has 3 rings (SSSR count). The smallest absolute Gasteiger partial charge is 0.231 e. The minimum atomic E-state index is -0.625. The van der Waals surface area contributed by atoms with Crippen molar-refractivity contribution in [2.24, 2.45) is 5.92 Å². The number of benzene rings is 1. The van der Waals surface area contributed by atoms with Crippen LogP contribution in [-0.2, 0) is 14.9 Å². The summed E-state index contributed by atoms with van der Waals surface area (Å²) in [5.74, 6) is 0.112. The van der Waals surface area contributed by atoms with Crippen LogP contribution < -0.4 is 5.32 Å². The van der Waals surface area contributed by atoms with Gasteiger partial charge in [0.25, 0.3) is 0 Å². The zero-order chi connectivity index (χ0) is 17.0. The molecule has 1 amide bonds. The van der Waals surface area contributed by atoms with Gasteiger partial charge in [-0.25, -0.2) is 4.39 Å². The molecule has 0 unspecified atom stereocenters. The lowest BCUT2D eigenvalue weighted by molar-refractivity contribution is -0.131. The molecule has 1 aromatic rings. The maximum atomic E-state index is 13.3. The van der Waals surface area contributed by atoms with Gasteiger partial charge in [-0.15, -0.1) is 0 Å². The number of ether oxygens (including phenoxy) is 1. The van der Waals surface area contributed by atoms with Gasteiger partial charge >= 0.3 is 0 Å². The van der Waals surface area contributed by atoms with Crippen molar-refractivity contribution in [2.75, 3.05) is 19.8 Å². The molecule has 1 aliphatic heterocycles. The second-order valence-electron chi connectivity index (χ2n) is 7.08. The molecule has 0 bridgehead atoms. The number of hydrogen-bond acceptors (Lipinski definition) is 3. The van der Waals surface area contributed by atoms with Crippen molar-refractivity contribution < 1.29 is 19.0 Å². The summed E-state index contributed by atoms with van der Waals surface area (Å²) in [7, 11) is 0. The number of halogens is 1. The summed E-state index contributed by atoms with van der Waals surface area (Å²) < 4.78 is 18.7. The van der Waals surface area contributed by atoms with Gasteiger partial charge in [0.2, 0.25) is 5.91 Å². The number of aliphatic hydroxyl groups is 1. The second-order valence-corrected chi connectivity index (χ2v) is 7.08. The monoisotopic (exact) mass is 335 g/mol. The molecule has 1 saturated carbocycles. The fourth-order valence-corrected chi connectivity index (χ4v) is 3.95. The van der Waals surface area contributed by atoms with Crippen molar-refractivity contribution in [2.45, 2.75) is 50.0 Å². The second kappa shape index (κ2) is 7.62. The molecule has 0 aromatic heterocycles. The Morgan fingerprint density at radius 1 is 1.17 bits per heavy atom. The van der Waals surface area contributed by atoms with Gasteiger partial charge in [-0.05, 0) is 62.1 Å². The molecule has 4 nitrogen and oxygen atoms in total. The standard InChI is InChI=1S/C19H26FNO3/c20-16-5-3-15(4-6-16)19(9-11-24-12-10-19)18(23)21-17-7-1-14(13-22)2-8-17/h3-6,14,17,22H,1-2,7-13H2,(H,21,23). The van der Waals surface area contributed by atoms with Crippen LogP contribution >= 0.6 is 0 Å². The van der Waals surface area contributed by atoms with Gasteiger partial charge in [0.15, 0.2) is 0 Å². The third-order valence-electron chi connectivity index (χ3n) is 5.62. The Kier molecular flexibility index (Phi) is 5.51. The lowest BCUT2D eigenvalue weighted by atomic mass is 9.73. The fraction of sp³-hybridized carbons (Fsp3) is 0.632. The van der Waals surface area contributed by atoms with E-state index in [0.29, 0.717) is 32.0 Å². The third kappa shape index (κ3) is 3.62. The Labute approximate surface area is 142 Å². The number of carbonyl (C=O) groups is 1. The van der Waals surface area contributed by atoms with E-state index in [1.54, 1.807) is 12.1 Å². The molecule has 132 valence electrons. The first-order chi connectivity index (χ1) is 11.6. The summed E-state index contributed by atoms with van der Waals surface area (Å²) in [5, 5.41) is 12.5. The lowest BCUT2D eigenvalue weighted by Crippen LogP contribution is -2.51. The average molecular weight is 335 g/mol. The lowest BCUT2D eigenvalue weighted by Gasteiger charge is -2.38. The molecule has 1 heterocycles. The molecule has 2 fully saturated rings. The Bertz CT molecular complexity index is 546. The van der Waals surface area contributed by atoms with E-state index in [1.807, 2.05) is 0 Å². The van der Waals surface area contributed by atoms with Gasteiger partial charge in [0, 0.05) is 25.9 Å². The maximum absolute atomic E-state index is 13.3. The third-order valence-corrected chi connectivity index (χ3v) is 5.62. The van der Waals surface area contributed by atoms with Crippen molar-refractivity contribution in [1.29, 1.82) is 0 Å². The summed E-state index contributed by atoms with van der Waals surface area (Å²) in [6.07, 6.45) is 4.97. The van der Waals surface area contributed by atoms with Crippen LogP contribution in [0.2, 0.25) is 0 Å². The minimum Gasteiger partial charge on any atom is -0.396 e. The molecule has 2 aliphatic rings. The Hall–Kier alpha value is -1.46. The number of amides is 1. The van der Waals surface area contributed by atoms with Gasteiger partial charge < -0.3 is 15.2 Å². The Morgan fingerprint density at radius 2 is 1.79 bits per heavy atom. The zero-order valence-electron chi connectivity index (χ0n) is 14.0. The van der Waals surface area contributed by atoms with E-state index < -0.39 is 5.41 Å². The van der Waals surface area contributed by atoms with Gasteiger partial charge in [0.1, 0.15) is 5.82 Å².